The third kappa shape index (κ3) is 4.18. The Hall–Kier alpha value is -1.11. The highest BCUT2D eigenvalue weighted by atomic mass is 32.2. The van der Waals surface area contributed by atoms with Crippen LogP contribution in [0.3, 0.4) is 0 Å². The normalized spacial score (nSPS) is 20.4. The zero-order chi connectivity index (χ0) is 15.3. The van der Waals surface area contributed by atoms with Crippen LogP contribution in [0.5, 0.6) is 0 Å². The summed E-state index contributed by atoms with van der Waals surface area (Å²) in [5, 5.41) is 0. The highest BCUT2D eigenvalue weighted by Gasteiger charge is 2.31. The number of nitrogens with one attached hydrogen (secondary N) is 1. The van der Waals surface area contributed by atoms with E-state index in [9.17, 15) is 8.42 Å². The minimum absolute atomic E-state index is 0.0874. The summed E-state index contributed by atoms with van der Waals surface area (Å²) < 4.78 is 29.2. The second-order valence-electron chi connectivity index (χ2n) is 5.55. The van der Waals surface area contributed by atoms with Gasteiger partial charge in [-0.3, -0.25) is 4.72 Å². The van der Waals surface area contributed by atoms with E-state index in [1.54, 1.807) is 0 Å². The van der Waals surface area contributed by atoms with Crippen LogP contribution in [0.25, 0.3) is 0 Å². The Morgan fingerprint density at radius 2 is 2.00 bits per heavy atom. The van der Waals surface area contributed by atoms with Crippen LogP contribution in [0.2, 0.25) is 0 Å². The highest BCUT2D eigenvalue weighted by Crippen LogP contribution is 2.21. The standard InChI is InChI=1S/C15H25N3O2S/c1-2-5-13-7-9-14(10-8-13)17-21(19,20)18-11-4-3-6-15(18)12-16/h7-10,15,17H,2-6,11-12,16H2,1H3. The molecule has 1 aromatic rings. The molecule has 1 saturated heterocycles. The van der Waals surface area contributed by atoms with E-state index in [2.05, 4.69) is 11.6 Å². The van der Waals surface area contributed by atoms with E-state index in [0.717, 1.165) is 32.1 Å². The summed E-state index contributed by atoms with van der Waals surface area (Å²) in [5.74, 6) is 0. The van der Waals surface area contributed by atoms with Gasteiger partial charge in [0.05, 0.1) is 0 Å². The van der Waals surface area contributed by atoms with Gasteiger partial charge in [-0.15, -0.1) is 0 Å². The van der Waals surface area contributed by atoms with Gasteiger partial charge in [0.2, 0.25) is 0 Å². The number of anilines is 1. The molecule has 0 amide bonds. The molecule has 0 radical (unpaired) electrons. The molecule has 3 N–H and O–H groups in total. The van der Waals surface area contributed by atoms with E-state index in [1.807, 2.05) is 24.3 Å². The van der Waals surface area contributed by atoms with E-state index in [-0.39, 0.29) is 6.04 Å². The molecule has 118 valence electrons. The van der Waals surface area contributed by atoms with Gasteiger partial charge in [-0.2, -0.15) is 12.7 Å². The average Bonchev–Trinajstić information content (AvgIpc) is 2.49. The van der Waals surface area contributed by atoms with Crippen molar-refractivity contribution in [3.8, 4) is 0 Å². The summed E-state index contributed by atoms with van der Waals surface area (Å²) in [6.45, 7) is 3.04. The Balaban J connectivity index is 2.09. The molecular weight excluding hydrogens is 286 g/mol. The second kappa shape index (κ2) is 7.24. The van der Waals surface area contributed by atoms with Crippen molar-refractivity contribution in [2.24, 2.45) is 5.73 Å². The monoisotopic (exact) mass is 311 g/mol. The maximum Gasteiger partial charge on any atom is 0.301 e. The summed E-state index contributed by atoms with van der Waals surface area (Å²) in [6.07, 6.45) is 4.87. The Morgan fingerprint density at radius 1 is 1.29 bits per heavy atom. The van der Waals surface area contributed by atoms with Crippen molar-refractivity contribution in [2.45, 2.75) is 45.1 Å². The number of benzene rings is 1. The van der Waals surface area contributed by atoms with Gasteiger partial charge in [0, 0.05) is 24.8 Å². The van der Waals surface area contributed by atoms with Crippen LogP contribution >= 0.6 is 0 Å². The lowest BCUT2D eigenvalue weighted by molar-refractivity contribution is 0.259. The predicted octanol–water partition coefficient (Wildman–Crippen LogP) is 2.11. The molecule has 21 heavy (non-hydrogen) atoms. The zero-order valence-corrected chi connectivity index (χ0v) is 13.4. The first kappa shape index (κ1) is 16.3. The number of rotatable bonds is 6. The molecule has 6 heteroatoms. The lowest BCUT2D eigenvalue weighted by Gasteiger charge is -2.33. The van der Waals surface area contributed by atoms with Crippen LogP contribution < -0.4 is 10.5 Å². The number of nitrogens with zero attached hydrogens (tertiary/aromatic N) is 1. The molecule has 0 aliphatic carbocycles. The van der Waals surface area contributed by atoms with E-state index in [0.29, 0.717) is 18.8 Å². The molecule has 1 heterocycles. The number of nitrogens with two attached hydrogens (primary N) is 1. The molecule has 1 aliphatic rings. The highest BCUT2D eigenvalue weighted by molar-refractivity contribution is 7.90. The van der Waals surface area contributed by atoms with Crippen molar-refractivity contribution < 1.29 is 8.42 Å². The first-order chi connectivity index (χ1) is 10.1. The first-order valence-electron chi connectivity index (χ1n) is 7.65. The molecule has 0 bridgehead atoms. The molecule has 1 aliphatic heterocycles. The van der Waals surface area contributed by atoms with Crippen LogP contribution in [-0.2, 0) is 16.6 Å². The quantitative estimate of drug-likeness (QED) is 0.845. The van der Waals surface area contributed by atoms with Crippen LogP contribution in [0, 0.1) is 0 Å². The van der Waals surface area contributed by atoms with Crippen molar-refractivity contribution >= 4 is 15.9 Å². The van der Waals surface area contributed by atoms with Crippen molar-refractivity contribution in [3.63, 3.8) is 0 Å². The summed E-state index contributed by atoms with van der Waals surface area (Å²) >= 11 is 0. The molecule has 1 unspecified atom stereocenters. The van der Waals surface area contributed by atoms with Gasteiger partial charge in [0.25, 0.3) is 0 Å². The summed E-state index contributed by atoms with van der Waals surface area (Å²) in [6, 6.07) is 7.50. The lowest BCUT2D eigenvalue weighted by atomic mass is 10.1. The molecule has 5 nitrogen and oxygen atoms in total. The molecule has 2 rings (SSSR count). The van der Waals surface area contributed by atoms with Crippen molar-refractivity contribution in [2.75, 3.05) is 17.8 Å². The minimum atomic E-state index is -3.52. The largest absolute Gasteiger partial charge is 0.329 e. The van der Waals surface area contributed by atoms with Gasteiger partial charge >= 0.3 is 10.2 Å². The van der Waals surface area contributed by atoms with Gasteiger partial charge in [-0.25, -0.2) is 0 Å². The van der Waals surface area contributed by atoms with Crippen LogP contribution in [0.15, 0.2) is 24.3 Å². The second-order valence-corrected chi connectivity index (χ2v) is 7.17. The minimum Gasteiger partial charge on any atom is -0.329 e. The fourth-order valence-electron chi connectivity index (χ4n) is 2.76. The van der Waals surface area contributed by atoms with Crippen molar-refractivity contribution in [3.05, 3.63) is 29.8 Å². The van der Waals surface area contributed by atoms with E-state index < -0.39 is 10.2 Å². The number of hydrogen-bond acceptors (Lipinski definition) is 3. The first-order valence-corrected chi connectivity index (χ1v) is 9.09. The smallest absolute Gasteiger partial charge is 0.301 e. The number of hydrogen-bond donors (Lipinski definition) is 2. The van der Waals surface area contributed by atoms with Gasteiger partial charge in [-0.1, -0.05) is 31.9 Å². The number of piperidine rings is 1. The van der Waals surface area contributed by atoms with Crippen molar-refractivity contribution in [1.29, 1.82) is 0 Å². The summed E-state index contributed by atoms with van der Waals surface area (Å²) in [5.41, 5.74) is 7.53. The molecule has 0 spiro atoms. The molecule has 0 saturated carbocycles. The summed E-state index contributed by atoms with van der Waals surface area (Å²) in [4.78, 5) is 0. The van der Waals surface area contributed by atoms with Crippen LogP contribution in [0.4, 0.5) is 5.69 Å². The maximum absolute atomic E-state index is 12.5. The topological polar surface area (TPSA) is 75.4 Å². The maximum atomic E-state index is 12.5. The zero-order valence-electron chi connectivity index (χ0n) is 12.6. The van der Waals surface area contributed by atoms with Gasteiger partial charge in [-0.05, 0) is 37.0 Å². The molecule has 1 aromatic carbocycles. The van der Waals surface area contributed by atoms with Gasteiger partial charge in [0.1, 0.15) is 0 Å². The van der Waals surface area contributed by atoms with E-state index in [4.69, 9.17) is 5.73 Å². The van der Waals surface area contributed by atoms with Crippen LogP contribution in [-0.4, -0.2) is 31.9 Å². The lowest BCUT2D eigenvalue weighted by Crippen LogP contribution is -2.49. The predicted molar refractivity (Wildman–Crippen MR) is 86.4 cm³/mol. The molecule has 0 aromatic heterocycles. The van der Waals surface area contributed by atoms with Crippen molar-refractivity contribution in [1.82, 2.24) is 4.31 Å². The summed E-state index contributed by atoms with van der Waals surface area (Å²) in [7, 11) is -3.52. The van der Waals surface area contributed by atoms with E-state index in [1.165, 1.54) is 9.87 Å². The Labute approximate surface area is 127 Å². The fraction of sp³-hybridized carbons (Fsp3) is 0.600. The third-order valence-electron chi connectivity index (χ3n) is 3.89. The Bertz CT molecular complexity index is 543. The molecular formula is C15H25N3O2S. The SMILES string of the molecule is CCCc1ccc(NS(=O)(=O)N2CCCCC2CN)cc1. The Kier molecular flexibility index (Phi) is 5.61. The average molecular weight is 311 g/mol. The van der Waals surface area contributed by atoms with Gasteiger partial charge in [0.15, 0.2) is 0 Å². The van der Waals surface area contributed by atoms with Crippen LogP contribution in [0.1, 0.15) is 38.2 Å². The fourth-order valence-corrected chi connectivity index (χ4v) is 4.27. The molecule has 1 fully saturated rings. The Morgan fingerprint density at radius 3 is 2.62 bits per heavy atom. The van der Waals surface area contributed by atoms with Gasteiger partial charge < -0.3 is 5.73 Å². The van der Waals surface area contributed by atoms with E-state index >= 15 is 0 Å². The number of aryl methyl sites for hydroxylation is 1. The molecule has 1 atom stereocenters. The third-order valence-corrected chi connectivity index (χ3v) is 5.49.